The van der Waals surface area contributed by atoms with Crippen LogP contribution in [0.2, 0.25) is 5.15 Å². The van der Waals surface area contributed by atoms with E-state index in [4.69, 9.17) is 11.6 Å². The number of aromatic nitrogens is 4. The molecule has 0 bridgehead atoms. The molecular formula is C13H9ClN6O. The number of fused-ring (bicyclic) bond motifs is 1. The predicted molar refractivity (Wildman–Crippen MR) is 78.2 cm³/mol. The van der Waals surface area contributed by atoms with Gasteiger partial charge < -0.3 is 0 Å². The second-order valence-electron chi connectivity index (χ2n) is 4.10. The third-order valence-electron chi connectivity index (χ3n) is 2.70. The molecule has 0 unspecified atom stereocenters. The van der Waals surface area contributed by atoms with Gasteiger partial charge in [-0.25, -0.2) is 5.43 Å². The molecule has 0 atom stereocenters. The number of pyridine rings is 2. The first-order valence-corrected chi connectivity index (χ1v) is 6.35. The number of amides is 1. The number of hydrogen-bond acceptors (Lipinski definition) is 5. The van der Waals surface area contributed by atoms with Crippen LogP contribution in [0, 0.1) is 0 Å². The molecule has 0 radical (unpaired) electrons. The number of nitrogens with one attached hydrogen (secondary N) is 2. The monoisotopic (exact) mass is 300 g/mol. The highest BCUT2D eigenvalue weighted by atomic mass is 35.5. The van der Waals surface area contributed by atoms with Crippen molar-refractivity contribution in [3.8, 4) is 0 Å². The third kappa shape index (κ3) is 2.87. The van der Waals surface area contributed by atoms with Gasteiger partial charge in [-0.1, -0.05) is 11.6 Å². The highest BCUT2D eigenvalue weighted by Gasteiger charge is 2.05. The first kappa shape index (κ1) is 13.2. The minimum atomic E-state index is -0.344. The largest absolute Gasteiger partial charge is 0.272 e. The fourth-order valence-corrected chi connectivity index (χ4v) is 1.87. The molecule has 7 nitrogen and oxygen atoms in total. The molecule has 8 heteroatoms. The number of halogens is 1. The number of rotatable bonds is 3. The van der Waals surface area contributed by atoms with Crippen molar-refractivity contribution in [1.82, 2.24) is 25.6 Å². The van der Waals surface area contributed by atoms with Crippen LogP contribution in [0.5, 0.6) is 0 Å². The zero-order valence-corrected chi connectivity index (χ0v) is 11.4. The van der Waals surface area contributed by atoms with Gasteiger partial charge in [-0.2, -0.15) is 10.2 Å². The molecule has 0 aromatic carbocycles. The topological polar surface area (TPSA) is 95.9 Å². The molecule has 0 aliphatic rings. The molecule has 3 aromatic rings. The van der Waals surface area contributed by atoms with E-state index in [0.717, 1.165) is 5.39 Å². The fraction of sp³-hybridized carbons (Fsp3) is 0. The minimum Gasteiger partial charge on any atom is -0.267 e. The molecule has 0 fully saturated rings. The van der Waals surface area contributed by atoms with Gasteiger partial charge in [0.15, 0.2) is 0 Å². The van der Waals surface area contributed by atoms with E-state index < -0.39 is 0 Å². The van der Waals surface area contributed by atoms with Gasteiger partial charge in [0.25, 0.3) is 5.91 Å². The Kier molecular flexibility index (Phi) is 3.57. The van der Waals surface area contributed by atoms with Crippen LogP contribution < -0.4 is 5.43 Å². The van der Waals surface area contributed by atoms with E-state index >= 15 is 0 Å². The molecule has 2 N–H and O–H groups in total. The minimum absolute atomic E-state index is 0.344. The van der Waals surface area contributed by atoms with Gasteiger partial charge in [-0.05, 0) is 18.2 Å². The normalized spacial score (nSPS) is 11.1. The predicted octanol–water partition coefficient (Wildman–Crippen LogP) is 1.77. The Morgan fingerprint density at radius 2 is 2.33 bits per heavy atom. The Morgan fingerprint density at radius 3 is 3.14 bits per heavy atom. The molecule has 0 saturated heterocycles. The second-order valence-corrected chi connectivity index (χ2v) is 4.48. The maximum atomic E-state index is 11.7. The molecule has 3 heterocycles. The SMILES string of the molecule is O=C(NN=Cc1cc2n[nH]c(Cl)c2cn1)c1cccnc1. The van der Waals surface area contributed by atoms with Gasteiger partial charge in [0.05, 0.1) is 28.4 Å². The molecule has 3 aromatic heterocycles. The van der Waals surface area contributed by atoms with Crippen molar-refractivity contribution in [3.05, 3.63) is 53.2 Å². The van der Waals surface area contributed by atoms with Crippen molar-refractivity contribution in [2.75, 3.05) is 0 Å². The summed E-state index contributed by atoms with van der Waals surface area (Å²) in [6.45, 7) is 0. The van der Waals surface area contributed by atoms with Crippen LogP contribution in [-0.2, 0) is 0 Å². The Hall–Kier alpha value is -2.80. The van der Waals surface area contributed by atoms with E-state index in [2.05, 4.69) is 30.7 Å². The van der Waals surface area contributed by atoms with E-state index in [1.165, 1.54) is 12.4 Å². The Bertz CT molecular complexity index is 814. The van der Waals surface area contributed by atoms with E-state index in [-0.39, 0.29) is 5.91 Å². The standard InChI is InChI=1S/C13H9ClN6O/c14-12-10-7-16-9(4-11(10)18-19-12)6-17-20-13(21)8-2-1-3-15-5-8/h1-7H,(H,18,19)(H,20,21). The number of hydrogen-bond donors (Lipinski definition) is 2. The Labute approximate surface area is 124 Å². The summed E-state index contributed by atoms with van der Waals surface area (Å²) in [6, 6.07) is 5.03. The summed E-state index contributed by atoms with van der Waals surface area (Å²) < 4.78 is 0. The molecule has 0 spiro atoms. The highest BCUT2D eigenvalue weighted by molar-refractivity contribution is 6.34. The van der Waals surface area contributed by atoms with Crippen LogP contribution in [-0.4, -0.2) is 32.3 Å². The van der Waals surface area contributed by atoms with Crippen molar-refractivity contribution < 1.29 is 4.79 Å². The van der Waals surface area contributed by atoms with Gasteiger partial charge in [0.2, 0.25) is 0 Å². The lowest BCUT2D eigenvalue weighted by Gasteiger charge is -1.98. The first-order chi connectivity index (χ1) is 10.2. The number of hydrazone groups is 1. The van der Waals surface area contributed by atoms with Gasteiger partial charge in [-0.3, -0.25) is 19.9 Å². The molecular weight excluding hydrogens is 292 g/mol. The Morgan fingerprint density at radius 1 is 1.43 bits per heavy atom. The van der Waals surface area contributed by atoms with Crippen LogP contribution in [0.3, 0.4) is 0 Å². The van der Waals surface area contributed by atoms with Crippen molar-refractivity contribution in [1.29, 1.82) is 0 Å². The summed E-state index contributed by atoms with van der Waals surface area (Å²) in [6.07, 6.45) is 6.07. The molecule has 0 saturated carbocycles. The van der Waals surface area contributed by atoms with Crippen molar-refractivity contribution in [3.63, 3.8) is 0 Å². The van der Waals surface area contributed by atoms with Crippen LogP contribution in [0.4, 0.5) is 0 Å². The second kappa shape index (κ2) is 5.68. The zero-order chi connectivity index (χ0) is 14.7. The summed E-state index contributed by atoms with van der Waals surface area (Å²) >= 11 is 5.88. The van der Waals surface area contributed by atoms with Gasteiger partial charge in [-0.15, -0.1) is 0 Å². The summed E-state index contributed by atoms with van der Waals surface area (Å²) in [7, 11) is 0. The molecule has 0 aliphatic carbocycles. The Balaban J connectivity index is 1.71. The maximum Gasteiger partial charge on any atom is 0.272 e. The molecule has 21 heavy (non-hydrogen) atoms. The molecule has 3 rings (SSSR count). The van der Waals surface area contributed by atoms with E-state index in [1.54, 1.807) is 30.6 Å². The summed E-state index contributed by atoms with van der Waals surface area (Å²) in [5, 5.41) is 11.7. The fourth-order valence-electron chi connectivity index (χ4n) is 1.68. The van der Waals surface area contributed by atoms with Crippen molar-refractivity contribution >= 4 is 34.6 Å². The summed E-state index contributed by atoms with van der Waals surface area (Å²) in [4.78, 5) is 19.7. The van der Waals surface area contributed by atoms with E-state index in [1.807, 2.05) is 0 Å². The number of aromatic amines is 1. The average Bonchev–Trinajstić information content (AvgIpc) is 2.89. The first-order valence-electron chi connectivity index (χ1n) is 5.97. The number of H-pyrrole nitrogens is 1. The lowest BCUT2D eigenvalue weighted by molar-refractivity contribution is 0.0955. The van der Waals surface area contributed by atoms with Gasteiger partial charge in [0, 0.05) is 18.6 Å². The van der Waals surface area contributed by atoms with E-state index in [0.29, 0.717) is 21.9 Å². The summed E-state index contributed by atoms with van der Waals surface area (Å²) in [5.41, 5.74) is 4.05. The lowest BCUT2D eigenvalue weighted by Crippen LogP contribution is -2.17. The van der Waals surface area contributed by atoms with Crippen molar-refractivity contribution in [2.45, 2.75) is 0 Å². The van der Waals surface area contributed by atoms with E-state index in [9.17, 15) is 4.79 Å². The molecule has 0 aliphatic heterocycles. The molecule has 1 amide bonds. The number of carbonyl (C=O) groups is 1. The quantitative estimate of drug-likeness (QED) is 0.569. The average molecular weight is 301 g/mol. The smallest absolute Gasteiger partial charge is 0.267 e. The van der Waals surface area contributed by atoms with Crippen LogP contribution in [0.15, 0.2) is 41.9 Å². The van der Waals surface area contributed by atoms with Gasteiger partial charge in [0.1, 0.15) is 5.15 Å². The number of carbonyl (C=O) groups excluding carboxylic acids is 1. The third-order valence-corrected chi connectivity index (χ3v) is 2.99. The number of nitrogens with zero attached hydrogens (tertiary/aromatic N) is 4. The van der Waals surface area contributed by atoms with Crippen LogP contribution in [0.25, 0.3) is 10.9 Å². The lowest BCUT2D eigenvalue weighted by atomic mass is 10.3. The van der Waals surface area contributed by atoms with Crippen molar-refractivity contribution in [2.24, 2.45) is 5.10 Å². The van der Waals surface area contributed by atoms with Gasteiger partial charge >= 0.3 is 0 Å². The van der Waals surface area contributed by atoms with Crippen LogP contribution >= 0.6 is 11.6 Å². The zero-order valence-electron chi connectivity index (χ0n) is 10.6. The molecule has 104 valence electrons. The maximum absolute atomic E-state index is 11.7. The van der Waals surface area contributed by atoms with Crippen LogP contribution in [0.1, 0.15) is 16.1 Å². The summed E-state index contributed by atoms with van der Waals surface area (Å²) in [5.74, 6) is -0.344. The highest BCUT2D eigenvalue weighted by Crippen LogP contribution is 2.18.